The quantitative estimate of drug-likeness (QED) is 0.133. The maximum absolute atomic E-state index is 7.88. The van der Waals surface area contributed by atoms with E-state index in [4.69, 9.17) is 16.5 Å². The first kappa shape index (κ1) is 38.6. The van der Waals surface area contributed by atoms with Gasteiger partial charge in [-0.15, -0.1) is 0 Å². The fourth-order valence-electron chi connectivity index (χ4n) is 6.48. The molecule has 0 aliphatic carbocycles. The summed E-state index contributed by atoms with van der Waals surface area (Å²) >= 11 is 0. The Labute approximate surface area is 344 Å². The van der Waals surface area contributed by atoms with Crippen LogP contribution in [0.3, 0.4) is 0 Å². The average molecular weight is 821 g/mol. The molecule has 0 amide bonds. The smallest absolute Gasteiger partial charge is 0.386 e. The van der Waals surface area contributed by atoms with E-state index in [1.807, 2.05) is 48.5 Å². The Kier molecular flexibility index (Phi) is 13.0. The molecule has 0 N–H and O–H groups in total. The number of benzene rings is 8. The Morgan fingerprint density at radius 2 is 0.316 bits per heavy atom. The highest BCUT2D eigenvalue weighted by Crippen LogP contribution is 2.20. The lowest BCUT2D eigenvalue weighted by Gasteiger charge is -2.39. The monoisotopic (exact) mass is 820 g/mol. The molecule has 0 aromatic heterocycles. The molecule has 0 atom stereocenters. The van der Waals surface area contributed by atoms with Gasteiger partial charge in [-0.25, -0.2) is 0 Å². The van der Waals surface area contributed by atoms with Gasteiger partial charge < -0.3 is 16.5 Å². The molecule has 8 aromatic rings. The van der Waals surface area contributed by atoms with Gasteiger partial charge in [0.25, 0.3) is 36.2 Å². The van der Waals surface area contributed by atoms with Crippen molar-refractivity contribution >= 4 is 86.7 Å². The van der Waals surface area contributed by atoms with E-state index < -0.39 is 45.2 Å². The van der Waals surface area contributed by atoms with Gasteiger partial charge in [0.2, 0.25) is 0 Å². The fourth-order valence-corrected chi connectivity index (χ4v) is 22.8. The van der Waals surface area contributed by atoms with Gasteiger partial charge in [0.1, 0.15) is 0 Å². The zero-order valence-corrected chi connectivity index (χ0v) is 36.2. The summed E-state index contributed by atoms with van der Waals surface area (Å²) in [6, 6.07) is 84.1. The minimum absolute atomic E-state index is 1.08. The second-order valence-corrected chi connectivity index (χ2v) is 24.7. The molecule has 0 spiro atoms. The van der Waals surface area contributed by atoms with E-state index in [1.54, 1.807) is 0 Å². The number of hydrogen-bond donors (Lipinski definition) is 0. The van der Waals surface area contributed by atoms with Crippen LogP contribution in [-0.2, 0) is 16.5 Å². The number of rotatable bonds is 16. The summed E-state index contributed by atoms with van der Waals surface area (Å²) in [6.45, 7) is 0. The first-order valence-corrected chi connectivity index (χ1v) is 26.2. The van der Waals surface area contributed by atoms with Crippen LogP contribution in [0.5, 0.6) is 0 Å². The van der Waals surface area contributed by atoms with Crippen molar-refractivity contribution in [2.45, 2.75) is 0 Å². The predicted molar refractivity (Wildman–Crippen MR) is 242 cm³/mol. The van der Waals surface area contributed by atoms with Gasteiger partial charge in [0.15, 0.2) is 0 Å². The van der Waals surface area contributed by atoms with Crippen molar-refractivity contribution in [1.29, 1.82) is 0 Å². The summed E-state index contributed by atoms with van der Waals surface area (Å²) < 4.78 is 31.5. The lowest BCUT2D eigenvalue weighted by molar-refractivity contribution is 0.171. The molecule has 0 unspecified atom stereocenters. The molecule has 0 fully saturated rings. The van der Waals surface area contributed by atoms with Gasteiger partial charge >= 0.3 is 9.05 Å². The minimum Gasteiger partial charge on any atom is -0.386 e. The van der Waals surface area contributed by atoms with E-state index in [2.05, 4.69) is 194 Å². The minimum atomic E-state index is -4.33. The molecular formula is C48H40O4Si5. The molecule has 0 saturated carbocycles. The molecule has 0 bridgehead atoms. The van der Waals surface area contributed by atoms with Gasteiger partial charge in [-0.2, -0.15) is 0 Å². The maximum Gasteiger partial charge on any atom is 0.638 e. The fraction of sp³-hybridized carbons (Fsp3) is 0. The summed E-state index contributed by atoms with van der Waals surface area (Å²) in [5.41, 5.74) is 0. The summed E-state index contributed by atoms with van der Waals surface area (Å²) in [5.74, 6) is 0. The van der Waals surface area contributed by atoms with Crippen LogP contribution in [0.15, 0.2) is 243 Å². The molecule has 8 rings (SSSR count). The highest BCUT2D eigenvalue weighted by atomic mass is 28.5. The Morgan fingerprint density at radius 3 is 0.439 bits per heavy atom. The Balaban J connectivity index is 1.40. The number of hydrogen-bond acceptors (Lipinski definition) is 4. The molecule has 4 radical (unpaired) electrons. The third-order valence-corrected chi connectivity index (χ3v) is 23.3. The van der Waals surface area contributed by atoms with Crippen LogP contribution in [0.2, 0.25) is 0 Å². The van der Waals surface area contributed by atoms with Crippen LogP contribution >= 0.6 is 0 Å². The van der Waals surface area contributed by atoms with Gasteiger partial charge in [0, 0.05) is 0 Å². The highest BCUT2D eigenvalue weighted by Gasteiger charge is 2.55. The normalized spacial score (nSPS) is 11.7. The van der Waals surface area contributed by atoms with Crippen LogP contribution in [-0.4, -0.2) is 45.2 Å². The summed E-state index contributed by atoms with van der Waals surface area (Å²) in [5, 5.41) is 8.64. The van der Waals surface area contributed by atoms with E-state index in [0.717, 1.165) is 41.5 Å². The first-order valence-electron chi connectivity index (χ1n) is 18.9. The predicted octanol–water partition coefficient (Wildman–Crippen LogP) is 4.71. The van der Waals surface area contributed by atoms with Crippen molar-refractivity contribution in [3.8, 4) is 0 Å². The summed E-state index contributed by atoms with van der Waals surface area (Å²) in [4.78, 5) is 0. The van der Waals surface area contributed by atoms with Crippen molar-refractivity contribution in [1.82, 2.24) is 0 Å². The second-order valence-electron chi connectivity index (χ2n) is 13.2. The zero-order valence-electron chi connectivity index (χ0n) is 31.2. The standard InChI is InChI=1S/C48H40O4Si5/c1-9-25-41(26-10-1)53(42-27-11-2-12-28-42)49-57(50-54(43-29-13-3-14-30-43)44-31-15-4-16-32-44,51-55(45-33-17-5-18-34-45)46-35-19-6-20-36-46)52-56(47-37-21-7-22-38-47)48-39-23-8-24-40-48/h1-40H. The van der Waals surface area contributed by atoms with Gasteiger partial charge in [-0.1, -0.05) is 243 Å². The first-order chi connectivity index (χ1) is 28.2. The van der Waals surface area contributed by atoms with Crippen LogP contribution in [0.4, 0.5) is 0 Å². The third kappa shape index (κ3) is 9.81. The molecule has 0 aliphatic heterocycles. The highest BCUT2D eigenvalue weighted by molar-refractivity contribution is 6.96. The molecule has 57 heavy (non-hydrogen) atoms. The largest absolute Gasteiger partial charge is 0.638 e. The van der Waals surface area contributed by atoms with E-state index in [-0.39, 0.29) is 0 Å². The molecule has 4 nitrogen and oxygen atoms in total. The average Bonchev–Trinajstić information content (AvgIpc) is 3.31. The second kappa shape index (κ2) is 19.2. The Morgan fingerprint density at radius 1 is 0.193 bits per heavy atom. The lowest BCUT2D eigenvalue weighted by atomic mass is 10.4. The Bertz CT molecular complexity index is 1860. The third-order valence-electron chi connectivity index (χ3n) is 9.20. The van der Waals surface area contributed by atoms with E-state index in [9.17, 15) is 0 Å². The summed E-state index contributed by atoms with van der Waals surface area (Å²) in [7, 11) is -12.5. The SMILES string of the molecule is c1ccc([Si](O[Si](O[Si](c2ccccc2)c2ccccc2)(O[Si](c2ccccc2)c2ccccc2)O[Si](c2ccccc2)c2ccccc2)c2ccccc2)cc1. The summed E-state index contributed by atoms with van der Waals surface area (Å²) in [6.07, 6.45) is 0. The van der Waals surface area contributed by atoms with Gasteiger partial charge in [-0.05, 0) is 41.5 Å². The molecule has 0 aliphatic rings. The van der Waals surface area contributed by atoms with Crippen molar-refractivity contribution < 1.29 is 16.5 Å². The van der Waals surface area contributed by atoms with E-state index >= 15 is 0 Å². The van der Waals surface area contributed by atoms with Crippen molar-refractivity contribution in [2.24, 2.45) is 0 Å². The van der Waals surface area contributed by atoms with Crippen LogP contribution in [0, 0.1) is 0 Å². The topological polar surface area (TPSA) is 36.9 Å². The maximum atomic E-state index is 7.88. The van der Waals surface area contributed by atoms with Crippen LogP contribution < -0.4 is 41.5 Å². The zero-order chi connectivity index (χ0) is 38.5. The van der Waals surface area contributed by atoms with Crippen molar-refractivity contribution in [2.75, 3.05) is 0 Å². The van der Waals surface area contributed by atoms with E-state index in [1.165, 1.54) is 0 Å². The lowest BCUT2D eigenvalue weighted by Crippen LogP contribution is -2.70. The molecule has 9 heteroatoms. The van der Waals surface area contributed by atoms with Crippen LogP contribution in [0.25, 0.3) is 0 Å². The molecular weight excluding hydrogens is 781 g/mol. The molecule has 276 valence electrons. The Hall–Kier alpha value is -5.32. The van der Waals surface area contributed by atoms with E-state index in [0.29, 0.717) is 0 Å². The van der Waals surface area contributed by atoms with Gasteiger partial charge in [0.05, 0.1) is 0 Å². The molecule has 0 heterocycles. The van der Waals surface area contributed by atoms with Gasteiger partial charge in [-0.3, -0.25) is 0 Å². The molecule has 8 aromatic carbocycles. The van der Waals surface area contributed by atoms with Crippen LogP contribution in [0.1, 0.15) is 0 Å². The van der Waals surface area contributed by atoms with Crippen molar-refractivity contribution in [3.63, 3.8) is 0 Å². The molecule has 0 saturated heterocycles. The van der Waals surface area contributed by atoms with Crippen molar-refractivity contribution in [3.05, 3.63) is 243 Å².